The van der Waals surface area contributed by atoms with Gasteiger partial charge < -0.3 is 14.8 Å². The molecule has 0 aliphatic rings. The maximum absolute atomic E-state index is 12.8. The molecule has 0 saturated heterocycles. The molecule has 3 rings (SSSR count). The van der Waals surface area contributed by atoms with E-state index in [1.54, 1.807) is 31.4 Å². The molecule has 0 aliphatic heterocycles. The lowest BCUT2D eigenvalue weighted by molar-refractivity contribution is -0.112. The van der Waals surface area contributed by atoms with Gasteiger partial charge in [0.05, 0.1) is 7.11 Å². The van der Waals surface area contributed by atoms with Gasteiger partial charge in [-0.2, -0.15) is 5.26 Å². The van der Waals surface area contributed by atoms with E-state index in [-0.39, 0.29) is 5.57 Å². The molecule has 168 valence electrons. The summed E-state index contributed by atoms with van der Waals surface area (Å²) in [6, 6.07) is 19.4. The third-order valence-corrected chi connectivity index (χ3v) is 5.29. The van der Waals surface area contributed by atoms with Crippen LogP contribution in [0.1, 0.15) is 33.4 Å². The largest absolute Gasteiger partial charge is 0.493 e. The van der Waals surface area contributed by atoms with Gasteiger partial charge in [-0.1, -0.05) is 53.6 Å². The minimum Gasteiger partial charge on any atom is -0.493 e. The molecule has 0 saturated carbocycles. The van der Waals surface area contributed by atoms with Crippen LogP contribution in [-0.2, 0) is 11.4 Å². The Bertz CT molecular complexity index is 1210. The van der Waals surface area contributed by atoms with Crippen molar-refractivity contribution in [1.82, 2.24) is 0 Å². The Balaban J connectivity index is 1.78. The molecule has 33 heavy (non-hydrogen) atoms. The predicted molar refractivity (Wildman–Crippen MR) is 131 cm³/mol. The number of benzene rings is 3. The van der Waals surface area contributed by atoms with Crippen LogP contribution in [0.25, 0.3) is 6.08 Å². The first-order chi connectivity index (χ1) is 15.8. The lowest BCUT2D eigenvalue weighted by Crippen LogP contribution is -2.15. The highest BCUT2D eigenvalue weighted by Crippen LogP contribution is 2.30. The van der Waals surface area contributed by atoms with Crippen LogP contribution in [0.4, 0.5) is 5.69 Å². The Kier molecular flexibility index (Phi) is 7.53. The van der Waals surface area contributed by atoms with Gasteiger partial charge in [0.2, 0.25) is 0 Å². The van der Waals surface area contributed by atoms with Crippen molar-refractivity contribution < 1.29 is 14.3 Å². The molecule has 3 aromatic carbocycles. The molecule has 0 heterocycles. The van der Waals surface area contributed by atoms with Crippen LogP contribution >= 0.6 is 0 Å². The van der Waals surface area contributed by atoms with E-state index in [4.69, 9.17) is 9.47 Å². The van der Waals surface area contributed by atoms with Gasteiger partial charge in [0.25, 0.3) is 5.91 Å². The zero-order valence-corrected chi connectivity index (χ0v) is 19.7. The second-order valence-corrected chi connectivity index (χ2v) is 8.08. The third kappa shape index (κ3) is 6.02. The molecular weight excluding hydrogens is 412 g/mol. The summed E-state index contributed by atoms with van der Waals surface area (Å²) in [5.41, 5.74) is 6.67. The maximum atomic E-state index is 12.8. The van der Waals surface area contributed by atoms with Gasteiger partial charge in [-0.05, 0) is 68.2 Å². The highest BCUT2D eigenvalue weighted by atomic mass is 16.5. The van der Waals surface area contributed by atoms with Crippen LogP contribution in [0.15, 0.2) is 60.2 Å². The molecule has 0 bridgehead atoms. The molecular formula is C28H28N2O3. The summed E-state index contributed by atoms with van der Waals surface area (Å²) >= 11 is 0. The normalized spacial score (nSPS) is 11.0. The van der Waals surface area contributed by atoms with Crippen LogP contribution in [0.2, 0.25) is 0 Å². The fourth-order valence-corrected chi connectivity index (χ4v) is 3.61. The predicted octanol–water partition coefficient (Wildman–Crippen LogP) is 6.05. The number of carbonyl (C=O) groups excluding carboxylic acids is 1. The van der Waals surface area contributed by atoms with Gasteiger partial charge in [-0.3, -0.25) is 4.79 Å². The number of methoxy groups -OCH3 is 1. The van der Waals surface area contributed by atoms with E-state index < -0.39 is 5.91 Å². The molecule has 5 heteroatoms. The molecule has 0 aliphatic carbocycles. The summed E-state index contributed by atoms with van der Waals surface area (Å²) < 4.78 is 11.4. The molecule has 1 N–H and O–H groups in total. The van der Waals surface area contributed by atoms with Crippen molar-refractivity contribution in [1.29, 1.82) is 5.26 Å². The number of anilines is 1. The van der Waals surface area contributed by atoms with Crippen LogP contribution in [0.3, 0.4) is 0 Å². The summed E-state index contributed by atoms with van der Waals surface area (Å²) in [6.07, 6.45) is 1.54. The van der Waals surface area contributed by atoms with E-state index >= 15 is 0 Å². The first-order valence-electron chi connectivity index (χ1n) is 10.7. The highest BCUT2D eigenvalue weighted by Gasteiger charge is 2.14. The van der Waals surface area contributed by atoms with Gasteiger partial charge in [0.15, 0.2) is 11.5 Å². The Labute approximate surface area is 195 Å². The highest BCUT2D eigenvalue weighted by molar-refractivity contribution is 6.10. The number of hydrogen-bond donors (Lipinski definition) is 1. The summed E-state index contributed by atoms with van der Waals surface area (Å²) in [4.78, 5) is 12.8. The Morgan fingerprint density at radius 3 is 2.21 bits per heavy atom. The summed E-state index contributed by atoms with van der Waals surface area (Å²) in [7, 11) is 1.56. The molecule has 0 atom stereocenters. The van der Waals surface area contributed by atoms with Crippen LogP contribution in [0.5, 0.6) is 11.5 Å². The van der Waals surface area contributed by atoms with Crippen molar-refractivity contribution >= 4 is 17.7 Å². The smallest absolute Gasteiger partial charge is 0.266 e. The standard InChI is InChI=1S/C28H28N2O3/c1-18-6-8-22(9-7-18)17-33-25-11-10-23(15-26(25)32-5)14-24(16-29)28(31)30-27-20(3)12-19(2)13-21(27)4/h6-15H,17H2,1-5H3,(H,30,31)/b24-14-. The number of nitrogens with one attached hydrogen (secondary N) is 1. The molecule has 0 radical (unpaired) electrons. The Morgan fingerprint density at radius 2 is 1.61 bits per heavy atom. The summed E-state index contributed by atoms with van der Waals surface area (Å²) in [5.74, 6) is 0.661. The van der Waals surface area contributed by atoms with Crippen molar-refractivity contribution in [2.24, 2.45) is 0 Å². The zero-order chi connectivity index (χ0) is 24.0. The van der Waals surface area contributed by atoms with Crippen molar-refractivity contribution in [3.63, 3.8) is 0 Å². The molecule has 5 nitrogen and oxygen atoms in total. The molecule has 0 aromatic heterocycles. The summed E-state index contributed by atoms with van der Waals surface area (Å²) in [5, 5.41) is 12.5. The number of nitrogens with zero attached hydrogens (tertiary/aromatic N) is 1. The minimum atomic E-state index is -0.453. The second-order valence-electron chi connectivity index (χ2n) is 8.08. The Hall–Kier alpha value is -4.04. The average Bonchev–Trinajstić information content (AvgIpc) is 2.79. The van der Waals surface area contributed by atoms with Gasteiger partial charge in [-0.25, -0.2) is 0 Å². The van der Waals surface area contributed by atoms with E-state index in [9.17, 15) is 10.1 Å². The summed E-state index contributed by atoms with van der Waals surface area (Å²) in [6.45, 7) is 8.33. The van der Waals surface area contributed by atoms with Crippen molar-refractivity contribution in [3.8, 4) is 17.6 Å². The SMILES string of the molecule is COc1cc(/C=C(/C#N)C(=O)Nc2c(C)cc(C)cc2C)ccc1OCc1ccc(C)cc1. The maximum Gasteiger partial charge on any atom is 0.266 e. The Morgan fingerprint density at radius 1 is 0.939 bits per heavy atom. The first-order valence-corrected chi connectivity index (χ1v) is 10.7. The fraction of sp³-hybridized carbons (Fsp3) is 0.214. The quantitative estimate of drug-likeness (QED) is 0.358. The molecule has 0 unspecified atom stereocenters. The number of amides is 1. The number of rotatable bonds is 7. The molecule has 1 amide bonds. The van der Waals surface area contributed by atoms with Crippen molar-refractivity contribution in [2.75, 3.05) is 12.4 Å². The van der Waals surface area contributed by atoms with Gasteiger partial charge in [0, 0.05) is 5.69 Å². The van der Waals surface area contributed by atoms with E-state index in [2.05, 4.69) is 5.32 Å². The van der Waals surface area contributed by atoms with Crippen LogP contribution in [0, 0.1) is 39.0 Å². The lowest BCUT2D eigenvalue weighted by Gasteiger charge is -2.13. The number of nitriles is 1. The van der Waals surface area contributed by atoms with E-state index in [1.165, 1.54) is 5.56 Å². The van der Waals surface area contributed by atoms with Crippen LogP contribution in [-0.4, -0.2) is 13.0 Å². The van der Waals surface area contributed by atoms with Gasteiger partial charge >= 0.3 is 0 Å². The van der Waals surface area contributed by atoms with Crippen molar-refractivity contribution in [3.05, 3.63) is 93.6 Å². The molecule has 0 spiro atoms. The van der Waals surface area contributed by atoms with Gasteiger partial charge in [0.1, 0.15) is 18.2 Å². The van der Waals surface area contributed by atoms with E-state index in [0.717, 1.165) is 27.9 Å². The first kappa shape index (κ1) is 23.6. The monoisotopic (exact) mass is 440 g/mol. The van der Waals surface area contributed by atoms with E-state index in [0.29, 0.717) is 23.7 Å². The number of carbonyl (C=O) groups is 1. The van der Waals surface area contributed by atoms with Gasteiger partial charge in [-0.15, -0.1) is 0 Å². The minimum absolute atomic E-state index is 0.00440. The zero-order valence-electron chi connectivity index (χ0n) is 19.7. The van der Waals surface area contributed by atoms with Crippen LogP contribution < -0.4 is 14.8 Å². The number of ether oxygens (including phenoxy) is 2. The average molecular weight is 441 g/mol. The molecule has 3 aromatic rings. The molecule has 0 fully saturated rings. The van der Waals surface area contributed by atoms with E-state index in [1.807, 2.05) is 70.2 Å². The lowest BCUT2D eigenvalue weighted by atomic mass is 10.0. The fourth-order valence-electron chi connectivity index (χ4n) is 3.61. The number of hydrogen-bond acceptors (Lipinski definition) is 4. The number of aryl methyl sites for hydroxylation is 4. The second kappa shape index (κ2) is 10.5. The third-order valence-electron chi connectivity index (χ3n) is 5.29. The topological polar surface area (TPSA) is 71.3 Å². The van der Waals surface area contributed by atoms with Crippen molar-refractivity contribution in [2.45, 2.75) is 34.3 Å².